The summed E-state index contributed by atoms with van der Waals surface area (Å²) >= 11 is 0. The summed E-state index contributed by atoms with van der Waals surface area (Å²) in [6, 6.07) is 40.2. The van der Waals surface area contributed by atoms with Crippen LogP contribution in [-0.2, 0) is 26.7 Å². The number of hydrogen-bond donors (Lipinski definition) is 2. The Labute approximate surface area is 345 Å². The summed E-state index contributed by atoms with van der Waals surface area (Å²) in [5, 5.41) is 7.29. The number of carbonyl (C=O) groups excluding carboxylic acids is 2. The fourth-order valence-electron chi connectivity index (χ4n) is 7.00. The number of hydrogen-bond acceptors (Lipinski definition) is 4. The van der Waals surface area contributed by atoms with Gasteiger partial charge in [0.1, 0.15) is 0 Å². The molecule has 0 amide bonds. The van der Waals surface area contributed by atoms with Gasteiger partial charge in [0.05, 0.1) is 12.1 Å². The second-order valence-electron chi connectivity index (χ2n) is 14.1. The number of Topliss-reactive ketones (excluding diaryl/α,β-unsaturated/α-hetero) is 2. The van der Waals surface area contributed by atoms with Crippen molar-refractivity contribution in [3.05, 3.63) is 214 Å². The number of benzene rings is 4. The van der Waals surface area contributed by atoms with E-state index in [4.69, 9.17) is 0 Å². The first kappa shape index (κ1) is 45.5. The van der Waals surface area contributed by atoms with Crippen LogP contribution in [0.5, 0.6) is 0 Å². The molecule has 0 unspecified atom stereocenters. The molecule has 0 bridgehead atoms. The van der Waals surface area contributed by atoms with Crippen molar-refractivity contribution in [2.45, 2.75) is 51.6 Å². The molecule has 2 aliphatic carbocycles. The quantitative estimate of drug-likeness (QED) is 0.0683. The Morgan fingerprint density at radius 1 is 0.466 bits per heavy atom. The summed E-state index contributed by atoms with van der Waals surface area (Å²) in [6.07, 6.45) is 11.6. The average Bonchev–Trinajstić information content (AvgIpc) is 3.17. The molecule has 4 aromatic carbocycles. The van der Waals surface area contributed by atoms with Gasteiger partial charge in [-0.3, -0.25) is 9.59 Å². The topological polar surface area (TPSA) is 58.2 Å². The third kappa shape index (κ3) is 12.9. The number of carbonyl (C=O) groups is 2. The van der Waals surface area contributed by atoms with Crippen molar-refractivity contribution < 1.29 is 51.8 Å². The van der Waals surface area contributed by atoms with Crippen LogP contribution in [0.15, 0.2) is 191 Å². The van der Waals surface area contributed by atoms with Crippen molar-refractivity contribution in [1.82, 2.24) is 10.6 Å². The summed E-state index contributed by atoms with van der Waals surface area (Å²) in [6.45, 7) is 8.20. The van der Waals surface area contributed by atoms with Crippen molar-refractivity contribution in [1.29, 1.82) is 0 Å². The molecule has 0 aliphatic heterocycles. The van der Waals surface area contributed by atoms with Crippen molar-refractivity contribution >= 4 is 19.4 Å². The van der Waals surface area contributed by atoms with E-state index >= 15 is 0 Å². The summed E-state index contributed by atoms with van der Waals surface area (Å²) in [5.41, 5.74) is 9.08. The molecule has 0 spiro atoms. The van der Waals surface area contributed by atoms with E-state index in [0.717, 1.165) is 44.5 Å². The van der Waals surface area contributed by atoms with Crippen LogP contribution in [0.4, 0.5) is 25.2 Å². The molecule has 2 aliphatic rings. The van der Waals surface area contributed by atoms with Crippen LogP contribution < -0.4 is 10.6 Å². The molecule has 4 aromatic rings. The van der Waals surface area contributed by atoms with E-state index < -0.39 is 7.81 Å². The van der Waals surface area contributed by atoms with E-state index in [2.05, 4.69) is 73.0 Å². The Balaban J connectivity index is 0.000000853. The minimum absolute atomic E-state index is 0. The Hall–Kier alpha value is -5.21. The average molecular weight is 857 g/mol. The van der Waals surface area contributed by atoms with Crippen LogP contribution in [0, 0.1) is 0 Å². The van der Waals surface area contributed by atoms with Gasteiger partial charge in [-0.05, 0) is 59.4 Å². The summed E-state index contributed by atoms with van der Waals surface area (Å²) < 4.78 is 59.2. The molecule has 2 N–H and O–H groups in total. The monoisotopic (exact) mass is 856 g/mol. The Kier molecular flexibility index (Phi) is 14.2. The molecular formula is C46H44F6MnN2O2P-. The van der Waals surface area contributed by atoms with Crippen molar-refractivity contribution in [2.75, 3.05) is 0 Å². The zero-order valence-corrected chi connectivity index (χ0v) is 34.3. The van der Waals surface area contributed by atoms with E-state index in [1.165, 1.54) is 0 Å². The van der Waals surface area contributed by atoms with Crippen LogP contribution in [0.1, 0.15) is 73.9 Å². The summed E-state index contributed by atoms with van der Waals surface area (Å²) in [7, 11) is -10.7. The minimum Gasteiger partial charge on any atom is 0 e. The fraction of sp³-hybridized carbons (Fsp3) is 0.174. The van der Waals surface area contributed by atoms with Crippen LogP contribution in [0.25, 0.3) is 0 Å². The molecular weight excluding hydrogens is 812 g/mol. The van der Waals surface area contributed by atoms with E-state index in [0.29, 0.717) is 11.1 Å². The number of allylic oxidation sites excluding steroid dienone is 10. The Morgan fingerprint density at radius 2 is 0.724 bits per heavy atom. The molecule has 0 heterocycles. The second-order valence-corrected chi connectivity index (χ2v) is 16.0. The van der Waals surface area contributed by atoms with E-state index in [1.807, 2.05) is 123 Å². The smallest absolute Gasteiger partial charge is 0 e. The van der Waals surface area contributed by atoms with Gasteiger partial charge in [0.25, 0.3) is 0 Å². The van der Waals surface area contributed by atoms with Gasteiger partial charge < -0.3 is 10.6 Å². The van der Waals surface area contributed by atoms with Gasteiger partial charge in [0.15, 0.2) is 11.6 Å². The van der Waals surface area contributed by atoms with Gasteiger partial charge in [-0.2, -0.15) is 0 Å². The van der Waals surface area contributed by atoms with Crippen molar-refractivity contribution in [3.63, 3.8) is 0 Å². The fourth-order valence-corrected chi connectivity index (χ4v) is 7.00. The third-order valence-electron chi connectivity index (χ3n) is 9.84. The van der Waals surface area contributed by atoms with Gasteiger partial charge >= 0.3 is 33.0 Å². The Bertz CT molecular complexity index is 2110. The minimum atomic E-state index is -10.7. The van der Waals surface area contributed by atoms with Crippen LogP contribution >= 0.6 is 7.81 Å². The summed E-state index contributed by atoms with van der Waals surface area (Å²) in [5.74, 6) is -0.0412. The number of rotatable bonds is 11. The first-order valence-electron chi connectivity index (χ1n) is 18.3. The maximum absolute atomic E-state index is 14.0. The number of nitrogens with one attached hydrogen (secondary N) is 2. The van der Waals surface area contributed by atoms with Gasteiger partial charge in [-0.1, -0.05) is 147 Å². The predicted molar refractivity (Wildman–Crippen MR) is 218 cm³/mol. The largest absolute Gasteiger partial charge is 0 e. The number of ketones is 2. The number of halogens is 6. The Morgan fingerprint density at radius 3 is 1.00 bits per heavy atom. The maximum Gasteiger partial charge on any atom is 0 e. The van der Waals surface area contributed by atoms with Crippen LogP contribution in [0.3, 0.4) is 0 Å². The van der Waals surface area contributed by atoms with Gasteiger partial charge in [-0.25, -0.2) is 0 Å². The summed E-state index contributed by atoms with van der Waals surface area (Å²) in [4.78, 5) is 28.1. The van der Waals surface area contributed by atoms with Crippen molar-refractivity contribution in [2.24, 2.45) is 0 Å². The SMILES string of the molecule is CC1=C([C@H](C)c2ccccc2)C(=O)/C(=C\N[C@H](c2ccccc2)[C@H](N/C=C2/C=CC(C)=C([C@H](C)c3ccccc3)C2=O)c2ccccc2)C=C1.F[P-](F)(F)(F)(F)F.[Mn]. The van der Waals surface area contributed by atoms with Crippen LogP contribution in [0.2, 0.25) is 0 Å². The molecule has 0 aromatic heterocycles. The second kappa shape index (κ2) is 18.2. The standard InChI is InChI=1S/C46H44N2O2.F6P.Mn/c1-31-25-27-39(45(49)41(31)33(3)35-17-9-5-10-18-35)29-47-43(37-21-13-7-14-22-37)44(38-23-15-8-16-24-38)48-30-40-28-26-32(2)42(46(40)50)34(4)36-19-11-6-12-20-36;1-7(2,3,4,5)6;/h5-30,33-34,43-44,47-48H,1-4H3;;/q;-1;/b39-29-,40-30-;;/t33-,34-,43-,44-;;/m1../s1. The maximum atomic E-state index is 14.0. The van der Waals surface area contributed by atoms with E-state index in [1.54, 1.807) is 0 Å². The van der Waals surface area contributed by atoms with Crippen LogP contribution in [-0.4, -0.2) is 11.6 Å². The molecule has 12 heteroatoms. The molecule has 305 valence electrons. The van der Waals surface area contributed by atoms with E-state index in [-0.39, 0.29) is 52.6 Å². The molecule has 6 rings (SSSR count). The van der Waals surface area contributed by atoms with Gasteiger partial charge in [0.2, 0.25) is 0 Å². The van der Waals surface area contributed by atoms with Gasteiger partial charge in [0, 0.05) is 63.6 Å². The van der Waals surface area contributed by atoms with E-state index in [9.17, 15) is 34.8 Å². The molecule has 1 radical (unpaired) electrons. The third-order valence-corrected chi connectivity index (χ3v) is 9.84. The molecule has 0 fully saturated rings. The molecule has 4 atom stereocenters. The first-order chi connectivity index (χ1) is 26.8. The zero-order valence-electron chi connectivity index (χ0n) is 32.2. The van der Waals surface area contributed by atoms with Gasteiger partial charge in [-0.15, -0.1) is 0 Å². The zero-order chi connectivity index (χ0) is 41.4. The molecule has 0 saturated carbocycles. The first-order valence-corrected chi connectivity index (χ1v) is 20.4. The molecule has 0 saturated heterocycles. The van der Waals surface area contributed by atoms with Crippen molar-refractivity contribution in [3.8, 4) is 0 Å². The predicted octanol–water partition coefficient (Wildman–Crippen LogP) is 13.3. The molecule has 58 heavy (non-hydrogen) atoms. The molecule has 4 nitrogen and oxygen atoms in total. The normalized spacial score (nSPS) is 18.9.